The minimum absolute atomic E-state index is 0.0632. The first-order chi connectivity index (χ1) is 8.56. The van der Waals surface area contributed by atoms with Crippen LogP contribution in [0.3, 0.4) is 0 Å². The van der Waals surface area contributed by atoms with Gasteiger partial charge >= 0.3 is 0 Å². The van der Waals surface area contributed by atoms with E-state index in [9.17, 15) is 4.79 Å². The highest BCUT2D eigenvalue weighted by molar-refractivity contribution is 6.00. The molecule has 4 heteroatoms. The highest BCUT2D eigenvalue weighted by Gasteiger charge is 2.35. The van der Waals surface area contributed by atoms with Crippen molar-refractivity contribution in [3.63, 3.8) is 0 Å². The molecule has 1 aromatic carbocycles. The molecule has 1 amide bonds. The van der Waals surface area contributed by atoms with Crippen LogP contribution in [0.25, 0.3) is 0 Å². The topological polar surface area (TPSA) is 41.6 Å². The van der Waals surface area contributed by atoms with E-state index in [1.54, 1.807) is 0 Å². The Hall–Kier alpha value is -1.55. The molecule has 1 saturated heterocycles. The number of ether oxygens (including phenoxy) is 1. The number of anilines is 1. The fourth-order valence-electron chi connectivity index (χ4n) is 2.27. The predicted molar refractivity (Wildman–Crippen MR) is 71.9 cm³/mol. The highest BCUT2D eigenvalue weighted by atomic mass is 16.5. The van der Waals surface area contributed by atoms with Crippen molar-refractivity contribution in [2.24, 2.45) is 0 Å². The van der Waals surface area contributed by atoms with Crippen molar-refractivity contribution in [3.8, 4) is 0 Å². The quantitative estimate of drug-likeness (QED) is 0.870. The van der Waals surface area contributed by atoms with Crippen molar-refractivity contribution in [2.45, 2.75) is 19.4 Å². The standard InChI is InChI=1S/C14H20N2O2/c1-14(2)10-18-9-8-16(14)13(17)11-6-4-5-7-12(11)15-3/h4-7,15H,8-10H2,1-3H3. The smallest absolute Gasteiger partial charge is 0.256 e. The predicted octanol–water partition coefficient (Wildman–Crippen LogP) is 1.98. The second-order valence-corrected chi connectivity index (χ2v) is 5.12. The Labute approximate surface area is 108 Å². The minimum atomic E-state index is -0.254. The summed E-state index contributed by atoms with van der Waals surface area (Å²) < 4.78 is 5.45. The Morgan fingerprint density at radius 1 is 1.39 bits per heavy atom. The molecule has 0 aliphatic carbocycles. The van der Waals surface area contributed by atoms with Gasteiger partial charge in [0.05, 0.1) is 24.3 Å². The average Bonchev–Trinajstić information content (AvgIpc) is 2.37. The van der Waals surface area contributed by atoms with Crippen LogP contribution in [0.4, 0.5) is 5.69 Å². The lowest BCUT2D eigenvalue weighted by atomic mass is 10.0. The lowest BCUT2D eigenvalue weighted by Gasteiger charge is -2.42. The van der Waals surface area contributed by atoms with Gasteiger partial charge in [-0.2, -0.15) is 0 Å². The summed E-state index contributed by atoms with van der Waals surface area (Å²) in [6, 6.07) is 7.59. The lowest BCUT2D eigenvalue weighted by molar-refractivity contribution is -0.0370. The number of carbonyl (C=O) groups excluding carboxylic acids is 1. The average molecular weight is 248 g/mol. The fourth-order valence-corrected chi connectivity index (χ4v) is 2.27. The largest absolute Gasteiger partial charge is 0.387 e. The van der Waals surface area contributed by atoms with Crippen LogP contribution in [-0.2, 0) is 4.74 Å². The van der Waals surface area contributed by atoms with E-state index in [0.29, 0.717) is 19.8 Å². The molecule has 0 radical (unpaired) electrons. The number of hydrogen-bond acceptors (Lipinski definition) is 3. The number of benzene rings is 1. The Bertz CT molecular complexity index is 443. The van der Waals surface area contributed by atoms with Crippen LogP contribution in [0.2, 0.25) is 0 Å². The molecule has 0 atom stereocenters. The number of carbonyl (C=O) groups is 1. The first-order valence-corrected chi connectivity index (χ1v) is 6.23. The summed E-state index contributed by atoms with van der Waals surface area (Å²) in [6.45, 7) is 5.90. The Morgan fingerprint density at radius 3 is 2.78 bits per heavy atom. The lowest BCUT2D eigenvalue weighted by Crippen LogP contribution is -2.55. The molecule has 1 aromatic rings. The summed E-state index contributed by atoms with van der Waals surface area (Å²) in [6.07, 6.45) is 0. The maximum absolute atomic E-state index is 12.6. The second kappa shape index (κ2) is 4.98. The zero-order chi connectivity index (χ0) is 13.2. The summed E-state index contributed by atoms with van der Waals surface area (Å²) in [5.41, 5.74) is 1.33. The zero-order valence-corrected chi connectivity index (χ0v) is 11.2. The van der Waals surface area contributed by atoms with Crippen LogP contribution in [0, 0.1) is 0 Å². The third-order valence-corrected chi connectivity index (χ3v) is 3.32. The van der Waals surface area contributed by atoms with E-state index in [2.05, 4.69) is 5.32 Å². The van der Waals surface area contributed by atoms with Gasteiger partial charge in [0.1, 0.15) is 0 Å². The number of hydrogen-bond donors (Lipinski definition) is 1. The molecule has 1 aliphatic heterocycles. The van der Waals surface area contributed by atoms with Crippen molar-refractivity contribution >= 4 is 11.6 Å². The molecule has 98 valence electrons. The van der Waals surface area contributed by atoms with Crippen LogP contribution in [0.5, 0.6) is 0 Å². The van der Waals surface area contributed by atoms with E-state index in [1.807, 2.05) is 50.1 Å². The van der Waals surface area contributed by atoms with Gasteiger partial charge < -0.3 is 15.0 Å². The monoisotopic (exact) mass is 248 g/mol. The van der Waals surface area contributed by atoms with Crippen molar-refractivity contribution < 1.29 is 9.53 Å². The molecular weight excluding hydrogens is 228 g/mol. The van der Waals surface area contributed by atoms with Crippen molar-refractivity contribution in [1.29, 1.82) is 0 Å². The fraction of sp³-hybridized carbons (Fsp3) is 0.500. The maximum Gasteiger partial charge on any atom is 0.256 e. The molecule has 0 bridgehead atoms. The SMILES string of the molecule is CNc1ccccc1C(=O)N1CCOCC1(C)C. The van der Waals surface area contributed by atoms with Crippen LogP contribution in [0.1, 0.15) is 24.2 Å². The van der Waals surface area contributed by atoms with Gasteiger partial charge in [0.2, 0.25) is 0 Å². The summed E-state index contributed by atoms with van der Waals surface area (Å²) in [4.78, 5) is 14.5. The van der Waals surface area contributed by atoms with E-state index in [0.717, 1.165) is 11.3 Å². The van der Waals surface area contributed by atoms with E-state index >= 15 is 0 Å². The molecule has 1 aliphatic rings. The molecule has 1 fully saturated rings. The maximum atomic E-state index is 12.6. The van der Waals surface area contributed by atoms with Gasteiger partial charge in [-0.05, 0) is 26.0 Å². The molecule has 0 aromatic heterocycles. The third kappa shape index (κ3) is 2.34. The molecule has 0 unspecified atom stereocenters. The molecular formula is C14H20N2O2. The summed E-state index contributed by atoms with van der Waals surface area (Å²) >= 11 is 0. The van der Waals surface area contributed by atoms with Gasteiger partial charge in [0.25, 0.3) is 5.91 Å². The van der Waals surface area contributed by atoms with Crippen LogP contribution >= 0.6 is 0 Å². The van der Waals surface area contributed by atoms with Gasteiger partial charge in [-0.25, -0.2) is 0 Å². The number of morpholine rings is 1. The molecule has 4 nitrogen and oxygen atoms in total. The molecule has 0 spiro atoms. The van der Waals surface area contributed by atoms with E-state index in [-0.39, 0.29) is 11.4 Å². The van der Waals surface area contributed by atoms with Crippen LogP contribution in [-0.4, -0.2) is 43.2 Å². The number of nitrogens with one attached hydrogen (secondary N) is 1. The second-order valence-electron chi connectivity index (χ2n) is 5.12. The van der Waals surface area contributed by atoms with Crippen molar-refractivity contribution in [2.75, 3.05) is 32.1 Å². The first kappa shape index (κ1) is 12.9. The normalized spacial score (nSPS) is 18.5. The summed E-state index contributed by atoms with van der Waals surface area (Å²) in [7, 11) is 1.83. The minimum Gasteiger partial charge on any atom is -0.387 e. The van der Waals surface area contributed by atoms with Crippen molar-refractivity contribution in [1.82, 2.24) is 4.90 Å². The number of amides is 1. The number of rotatable bonds is 2. The number of para-hydroxylation sites is 1. The Kier molecular flexibility index (Phi) is 3.57. The molecule has 1 heterocycles. The molecule has 18 heavy (non-hydrogen) atoms. The number of nitrogens with zero attached hydrogens (tertiary/aromatic N) is 1. The molecule has 1 N–H and O–H groups in total. The van der Waals surface area contributed by atoms with E-state index in [1.165, 1.54) is 0 Å². The summed E-state index contributed by atoms with van der Waals surface area (Å²) in [5.74, 6) is 0.0632. The Balaban J connectivity index is 2.30. The van der Waals surface area contributed by atoms with Crippen molar-refractivity contribution in [3.05, 3.63) is 29.8 Å². The molecule has 2 rings (SSSR count). The summed E-state index contributed by atoms with van der Waals surface area (Å²) in [5, 5.41) is 3.06. The van der Waals surface area contributed by atoms with Gasteiger partial charge in [-0.3, -0.25) is 4.79 Å². The zero-order valence-electron chi connectivity index (χ0n) is 11.2. The first-order valence-electron chi connectivity index (χ1n) is 6.23. The van der Waals surface area contributed by atoms with E-state index < -0.39 is 0 Å². The van der Waals surface area contributed by atoms with Crippen LogP contribution in [0.15, 0.2) is 24.3 Å². The van der Waals surface area contributed by atoms with Gasteiger partial charge in [0.15, 0.2) is 0 Å². The van der Waals surface area contributed by atoms with Crippen LogP contribution < -0.4 is 5.32 Å². The van der Waals surface area contributed by atoms with Gasteiger partial charge in [0, 0.05) is 19.3 Å². The third-order valence-electron chi connectivity index (χ3n) is 3.32. The highest BCUT2D eigenvalue weighted by Crippen LogP contribution is 2.24. The Morgan fingerprint density at radius 2 is 2.11 bits per heavy atom. The van der Waals surface area contributed by atoms with Gasteiger partial charge in [-0.15, -0.1) is 0 Å². The molecule has 0 saturated carbocycles. The van der Waals surface area contributed by atoms with Gasteiger partial charge in [-0.1, -0.05) is 12.1 Å². The van der Waals surface area contributed by atoms with E-state index in [4.69, 9.17) is 4.74 Å².